The molecule has 0 fully saturated rings. The molecule has 0 heterocycles. The van der Waals surface area contributed by atoms with Crippen LogP contribution < -0.4 is 0 Å². The molecule has 0 aromatic carbocycles. The van der Waals surface area contributed by atoms with Gasteiger partial charge in [-0.3, -0.25) is 0 Å². The highest BCUT2D eigenvalue weighted by atomic mass is 16.3. The zero-order chi connectivity index (χ0) is 14.9. The number of hydrogen-bond acceptors (Lipinski definition) is 1. The molecule has 0 aliphatic rings. The Kier molecular flexibility index (Phi) is 14.7. The van der Waals surface area contributed by atoms with Crippen LogP contribution in [0.25, 0.3) is 0 Å². The van der Waals surface area contributed by atoms with Gasteiger partial charge >= 0.3 is 0 Å². The van der Waals surface area contributed by atoms with Gasteiger partial charge in [-0.1, -0.05) is 86.9 Å². The van der Waals surface area contributed by atoms with Gasteiger partial charge in [-0.25, -0.2) is 0 Å². The summed E-state index contributed by atoms with van der Waals surface area (Å²) in [7, 11) is 0. The van der Waals surface area contributed by atoms with Crippen LogP contribution in [0.3, 0.4) is 0 Å². The summed E-state index contributed by atoms with van der Waals surface area (Å²) in [4.78, 5) is 0. The molecule has 0 aliphatic heterocycles. The summed E-state index contributed by atoms with van der Waals surface area (Å²) in [6, 6.07) is 0. The molecule has 0 radical (unpaired) electrons. The Hall–Kier alpha value is -1.34. The topological polar surface area (TPSA) is 20.2 Å². The first-order valence-corrected chi connectivity index (χ1v) is 7.73. The van der Waals surface area contributed by atoms with Crippen LogP contribution in [0, 0.1) is 0 Å². The average molecular weight is 274 g/mol. The Balaban J connectivity index is 3.34. The van der Waals surface area contributed by atoms with E-state index in [0.29, 0.717) is 0 Å². The number of hydrogen-bond donors (Lipinski definition) is 1. The van der Waals surface area contributed by atoms with Crippen LogP contribution in [0.1, 0.15) is 51.9 Å². The maximum Gasteiger partial charge on any atom is 0.0723 e. The van der Waals surface area contributed by atoms with Gasteiger partial charge in [-0.05, 0) is 26.2 Å². The van der Waals surface area contributed by atoms with Crippen LogP contribution in [0.15, 0.2) is 61.3 Å². The Morgan fingerprint density at radius 2 is 1.65 bits per heavy atom. The summed E-state index contributed by atoms with van der Waals surface area (Å²) in [5, 5.41) is 9.68. The minimum Gasteiger partial charge on any atom is -0.389 e. The molecule has 20 heavy (non-hydrogen) atoms. The summed E-state index contributed by atoms with van der Waals surface area (Å²) < 4.78 is 0. The second-order valence-corrected chi connectivity index (χ2v) is 4.87. The molecule has 1 nitrogen and oxygen atoms in total. The fourth-order valence-electron chi connectivity index (χ4n) is 1.86. The number of allylic oxidation sites excluding steroid dienone is 8. The molecule has 1 heteroatoms. The summed E-state index contributed by atoms with van der Waals surface area (Å²) in [5.74, 6) is 0. The maximum absolute atomic E-state index is 9.68. The van der Waals surface area contributed by atoms with Gasteiger partial charge in [0.15, 0.2) is 0 Å². The number of aliphatic hydroxyl groups is 1. The first-order chi connectivity index (χ1) is 9.81. The van der Waals surface area contributed by atoms with E-state index in [9.17, 15) is 5.11 Å². The SMILES string of the molecule is C=C/C=C/C=C/CCCCCCCC(O)/C=C/C=C/C. The van der Waals surface area contributed by atoms with Crippen LogP contribution in [-0.2, 0) is 0 Å². The third-order valence-electron chi connectivity index (χ3n) is 3.00. The smallest absolute Gasteiger partial charge is 0.0723 e. The van der Waals surface area contributed by atoms with E-state index in [1.165, 1.54) is 25.7 Å². The van der Waals surface area contributed by atoms with E-state index in [4.69, 9.17) is 0 Å². The number of rotatable bonds is 12. The average Bonchev–Trinajstić information content (AvgIpc) is 2.45. The highest BCUT2D eigenvalue weighted by molar-refractivity contribution is 5.08. The van der Waals surface area contributed by atoms with E-state index in [0.717, 1.165) is 19.3 Å². The van der Waals surface area contributed by atoms with Crippen LogP contribution in [-0.4, -0.2) is 11.2 Å². The van der Waals surface area contributed by atoms with Crippen LogP contribution in [0.4, 0.5) is 0 Å². The molecular weight excluding hydrogens is 244 g/mol. The van der Waals surface area contributed by atoms with E-state index >= 15 is 0 Å². The van der Waals surface area contributed by atoms with Gasteiger partial charge in [0.05, 0.1) is 6.10 Å². The zero-order valence-electron chi connectivity index (χ0n) is 12.9. The Labute approximate surface area is 125 Å². The minimum atomic E-state index is -0.286. The van der Waals surface area contributed by atoms with Crippen molar-refractivity contribution >= 4 is 0 Å². The molecule has 0 amide bonds. The lowest BCUT2D eigenvalue weighted by molar-refractivity contribution is 0.208. The van der Waals surface area contributed by atoms with Crippen molar-refractivity contribution < 1.29 is 5.11 Å². The Morgan fingerprint density at radius 1 is 0.900 bits per heavy atom. The summed E-state index contributed by atoms with van der Waals surface area (Å²) >= 11 is 0. The first-order valence-electron chi connectivity index (χ1n) is 7.73. The van der Waals surface area contributed by atoms with E-state index in [2.05, 4.69) is 18.7 Å². The molecule has 0 saturated carbocycles. The van der Waals surface area contributed by atoms with Crippen molar-refractivity contribution in [1.82, 2.24) is 0 Å². The predicted molar refractivity (Wildman–Crippen MR) is 90.8 cm³/mol. The predicted octanol–water partition coefficient (Wildman–Crippen LogP) is 5.51. The molecular formula is C19H30O. The third-order valence-corrected chi connectivity index (χ3v) is 3.00. The van der Waals surface area contributed by atoms with Gasteiger partial charge < -0.3 is 5.11 Å². The minimum absolute atomic E-state index is 0.286. The van der Waals surface area contributed by atoms with Gasteiger partial charge in [0.1, 0.15) is 0 Å². The van der Waals surface area contributed by atoms with Crippen LogP contribution in [0.2, 0.25) is 0 Å². The van der Waals surface area contributed by atoms with Gasteiger partial charge in [-0.2, -0.15) is 0 Å². The van der Waals surface area contributed by atoms with Gasteiger partial charge in [0, 0.05) is 0 Å². The molecule has 1 N–H and O–H groups in total. The van der Waals surface area contributed by atoms with Crippen molar-refractivity contribution in [3.63, 3.8) is 0 Å². The van der Waals surface area contributed by atoms with Crippen molar-refractivity contribution in [1.29, 1.82) is 0 Å². The third kappa shape index (κ3) is 14.7. The van der Waals surface area contributed by atoms with Gasteiger partial charge in [-0.15, -0.1) is 0 Å². The fraction of sp³-hybridized carbons (Fsp3) is 0.474. The highest BCUT2D eigenvalue weighted by Crippen LogP contribution is 2.09. The van der Waals surface area contributed by atoms with Crippen molar-refractivity contribution in [2.75, 3.05) is 0 Å². The maximum atomic E-state index is 9.68. The second-order valence-electron chi connectivity index (χ2n) is 4.87. The molecule has 0 rings (SSSR count). The first kappa shape index (κ1) is 18.7. The molecule has 0 spiro atoms. The van der Waals surface area contributed by atoms with E-state index in [1.54, 1.807) is 6.08 Å². The Morgan fingerprint density at radius 3 is 2.40 bits per heavy atom. The molecule has 1 unspecified atom stereocenters. The van der Waals surface area contributed by atoms with Crippen molar-refractivity contribution in [2.45, 2.75) is 58.0 Å². The lowest BCUT2D eigenvalue weighted by atomic mass is 10.1. The zero-order valence-corrected chi connectivity index (χ0v) is 12.9. The fourth-order valence-corrected chi connectivity index (χ4v) is 1.86. The number of aliphatic hydroxyl groups excluding tert-OH is 1. The normalized spacial score (nSPS) is 14.1. The quantitative estimate of drug-likeness (QED) is 0.367. The lowest BCUT2D eigenvalue weighted by Gasteiger charge is -2.04. The van der Waals surface area contributed by atoms with Crippen molar-refractivity contribution in [3.8, 4) is 0 Å². The van der Waals surface area contributed by atoms with Crippen LogP contribution in [0.5, 0.6) is 0 Å². The second kappa shape index (κ2) is 15.7. The summed E-state index contributed by atoms with van der Waals surface area (Å²) in [6.07, 6.45) is 25.6. The summed E-state index contributed by atoms with van der Waals surface area (Å²) in [5.41, 5.74) is 0. The molecule has 0 aromatic rings. The summed E-state index contributed by atoms with van der Waals surface area (Å²) in [6.45, 7) is 5.60. The van der Waals surface area contributed by atoms with Crippen molar-refractivity contribution in [3.05, 3.63) is 61.3 Å². The molecule has 0 saturated heterocycles. The van der Waals surface area contributed by atoms with E-state index < -0.39 is 0 Å². The highest BCUT2D eigenvalue weighted by Gasteiger charge is 1.97. The standard InChI is InChI=1S/C19H30O/c1-3-5-7-8-9-10-11-12-13-14-16-18-19(20)17-15-6-4-2/h3-9,15,17,19-20H,1,10-14,16,18H2,2H3/b6-4+,7-5+,9-8+,17-15+. The Bertz CT molecular complexity index is 321. The molecule has 0 bridgehead atoms. The monoisotopic (exact) mass is 274 g/mol. The van der Waals surface area contributed by atoms with Crippen LogP contribution >= 0.6 is 0 Å². The van der Waals surface area contributed by atoms with Gasteiger partial charge in [0.2, 0.25) is 0 Å². The molecule has 0 aromatic heterocycles. The number of unbranched alkanes of at least 4 members (excludes halogenated alkanes) is 5. The van der Waals surface area contributed by atoms with E-state index in [-0.39, 0.29) is 6.10 Å². The largest absolute Gasteiger partial charge is 0.389 e. The van der Waals surface area contributed by atoms with Crippen molar-refractivity contribution in [2.24, 2.45) is 0 Å². The molecule has 1 atom stereocenters. The molecule has 0 aliphatic carbocycles. The lowest BCUT2D eigenvalue weighted by Crippen LogP contribution is -2.01. The molecule has 112 valence electrons. The van der Waals surface area contributed by atoms with Gasteiger partial charge in [0.25, 0.3) is 0 Å². The van der Waals surface area contributed by atoms with E-state index in [1.807, 2.05) is 43.4 Å².